The van der Waals surface area contributed by atoms with Gasteiger partial charge in [0.05, 0.1) is 46.1 Å². The number of hydrogen-bond donors (Lipinski definition) is 0. The maximum Gasteiger partial charge on any atom is 0.105 e. The Labute approximate surface area is 302 Å². The molecule has 7 aromatic rings. The molecule has 1 aliphatic rings. The van der Waals surface area contributed by atoms with Gasteiger partial charge in [-0.1, -0.05) is 97.0 Å². The van der Waals surface area contributed by atoms with Crippen molar-refractivity contribution in [1.82, 2.24) is 9.13 Å². The van der Waals surface area contributed by atoms with Gasteiger partial charge in [0.25, 0.3) is 0 Å². The Kier molecular flexibility index (Phi) is 7.95. The third-order valence-corrected chi connectivity index (χ3v) is 9.72. The number of nitriles is 3. The minimum atomic E-state index is 0.439. The van der Waals surface area contributed by atoms with Crippen molar-refractivity contribution in [3.8, 4) is 64.2 Å². The van der Waals surface area contributed by atoms with Gasteiger partial charge in [0.1, 0.15) is 5.69 Å². The van der Waals surface area contributed by atoms with Gasteiger partial charge in [-0.05, 0) is 66.6 Å². The van der Waals surface area contributed by atoms with Gasteiger partial charge in [-0.25, -0.2) is 0 Å². The molecule has 2 heterocycles. The second-order valence-corrected chi connectivity index (χ2v) is 12.5. The molecular weight excluding hydrogens is 635 g/mol. The van der Waals surface area contributed by atoms with Crippen LogP contribution in [-0.2, 0) is 6.42 Å². The molecule has 0 saturated carbocycles. The first-order valence-corrected chi connectivity index (χ1v) is 16.9. The van der Waals surface area contributed by atoms with E-state index >= 15 is 0 Å². The minimum Gasteiger partial charge on any atom is -0.312 e. The zero-order valence-corrected chi connectivity index (χ0v) is 28.3. The first kappa shape index (κ1) is 31.7. The van der Waals surface area contributed by atoms with Crippen molar-refractivity contribution in [2.24, 2.45) is 0 Å². The predicted molar refractivity (Wildman–Crippen MR) is 209 cm³/mol. The highest BCUT2D eigenvalue weighted by molar-refractivity contribution is 5.97. The topological polar surface area (TPSA) is 81.2 Å². The Hall–Kier alpha value is -7.57. The molecule has 0 aliphatic heterocycles. The lowest BCUT2D eigenvalue weighted by Crippen LogP contribution is -2.04. The fourth-order valence-corrected chi connectivity index (χ4v) is 7.51. The van der Waals surface area contributed by atoms with E-state index in [2.05, 4.69) is 63.6 Å². The standard InChI is InChI=1S/C47H29N5/c1-3-12-38-40-17-8-9-19-44(40)51(43(38)4-2)34-22-23-35(33(27-34)30-50)36-14-5-6-15-37(36)39-16-7-10-20-45(39)52-46-24-21-32(29-49)25-42(46)41-18-11-13-31(28-48)26-47(41)52/h2-3,5-25,27H,26H2,1H3/b12-3-. The van der Waals surface area contributed by atoms with Crippen LogP contribution in [0, 0.1) is 46.3 Å². The molecule has 0 bridgehead atoms. The van der Waals surface area contributed by atoms with Gasteiger partial charge in [-0.15, -0.1) is 6.42 Å². The minimum absolute atomic E-state index is 0.439. The molecule has 0 fully saturated rings. The fourth-order valence-electron chi connectivity index (χ4n) is 7.51. The van der Waals surface area contributed by atoms with Gasteiger partial charge >= 0.3 is 0 Å². The lowest BCUT2D eigenvalue weighted by Gasteiger charge is -2.19. The van der Waals surface area contributed by atoms with Crippen molar-refractivity contribution in [1.29, 1.82) is 15.8 Å². The van der Waals surface area contributed by atoms with Crippen LogP contribution in [0.5, 0.6) is 0 Å². The van der Waals surface area contributed by atoms with E-state index in [-0.39, 0.29) is 0 Å². The molecule has 2 aromatic heterocycles. The van der Waals surface area contributed by atoms with Crippen molar-refractivity contribution in [2.45, 2.75) is 13.3 Å². The van der Waals surface area contributed by atoms with E-state index in [9.17, 15) is 15.8 Å². The van der Waals surface area contributed by atoms with Gasteiger partial charge in [0, 0.05) is 56.4 Å². The zero-order chi connectivity index (χ0) is 35.8. The van der Waals surface area contributed by atoms with Crippen LogP contribution >= 0.6 is 0 Å². The van der Waals surface area contributed by atoms with Crippen LogP contribution in [0.1, 0.15) is 40.6 Å². The summed E-state index contributed by atoms with van der Waals surface area (Å²) in [5, 5.41) is 32.3. The van der Waals surface area contributed by atoms with Crippen LogP contribution in [0.4, 0.5) is 0 Å². The van der Waals surface area contributed by atoms with Gasteiger partial charge < -0.3 is 9.13 Å². The van der Waals surface area contributed by atoms with E-state index in [1.807, 2.05) is 116 Å². The molecule has 0 radical (unpaired) electrons. The monoisotopic (exact) mass is 663 g/mol. The van der Waals surface area contributed by atoms with E-state index in [0.29, 0.717) is 23.1 Å². The Bertz CT molecular complexity index is 2880. The highest BCUT2D eigenvalue weighted by Crippen LogP contribution is 2.41. The van der Waals surface area contributed by atoms with E-state index < -0.39 is 0 Å². The molecule has 0 atom stereocenters. The quantitative estimate of drug-likeness (QED) is 0.172. The number of benzene rings is 5. The molecule has 0 saturated heterocycles. The summed E-state index contributed by atoms with van der Waals surface area (Å²) in [6.45, 7) is 1.97. The predicted octanol–water partition coefficient (Wildman–Crippen LogP) is 10.7. The van der Waals surface area contributed by atoms with Crippen LogP contribution < -0.4 is 0 Å². The maximum atomic E-state index is 10.6. The van der Waals surface area contributed by atoms with Gasteiger partial charge in [-0.3, -0.25) is 0 Å². The molecular formula is C47H29N5. The van der Waals surface area contributed by atoms with Crippen molar-refractivity contribution in [2.75, 3.05) is 0 Å². The molecule has 5 heteroatoms. The van der Waals surface area contributed by atoms with E-state index in [1.165, 1.54) is 0 Å². The van der Waals surface area contributed by atoms with Crippen LogP contribution in [0.2, 0.25) is 0 Å². The summed E-state index contributed by atoms with van der Waals surface area (Å²) in [6.07, 6.45) is 16.4. The van der Waals surface area contributed by atoms with Crippen LogP contribution in [-0.4, -0.2) is 9.13 Å². The molecule has 0 N–H and O–H groups in total. The van der Waals surface area contributed by atoms with Gasteiger partial charge in [0.2, 0.25) is 0 Å². The number of allylic oxidation sites excluding steroid dienone is 4. The SMILES string of the molecule is C#Cc1c(/C=C\C)c2ccccc2n1-c1ccc(-c2ccccc2-c2ccccc2-n2c3c(c4cc(C#N)ccc42)C=CC=C(C#N)C3)c(C#N)c1. The third-order valence-electron chi connectivity index (χ3n) is 9.72. The summed E-state index contributed by atoms with van der Waals surface area (Å²) in [6, 6.07) is 43.3. The third kappa shape index (κ3) is 5.02. The van der Waals surface area contributed by atoms with Gasteiger partial charge in [-0.2, -0.15) is 15.8 Å². The molecule has 0 spiro atoms. The van der Waals surface area contributed by atoms with Crippen LogP contribution in [0.25, 0.3) is 67.6 Å². The van der Waals surface area contributed by atoms with Crippen molar-refractivity contribution in [3.05, 3.63) is 167 Å². The summed E-state index contributed by atoms with van der Waals surface area (Å²) in [5.74, 6) is 2.91. The zero-order valence-electron chi connectivity index (χ0n) is 28.3. The van der Waals surface area contributed by atoms with Crippen molar-refractivity contribution >= 4 is 34.0 Å². The van der Waals surface area contributed by atoms with Gasteiger partial charge in [0.15, 0.2) is 0 Å². The van der Waals surface area contributed by atoms with E-state index in [1.54, 1.807) is 0 Å². The highest BCUT2D eigenvalue weighted by atomic mass is 15.0. The molecule has 5 aromatic carbocycles. The number of hydrogen-bond acceptors (Lipinski definition) is 3. The molecule has 242 valence electrons. The average molecular weight is 664 g/mol. The second-order valence-electron chi connectivity index (χ2n) is 12.5. The number of fused-ring (bicyclic) bond motifs is 4. The Balaban J connectivity index is 1.33. The fraction of sp³-hybridized carbons (Fsp3) is 0.0426. The van der Waals surface area contributed by atoms with Crippen molar-refractivity contribution < 1.29 is 0 Å². The number of terminal acetylenes is 1. The molecule has 0 unspecified atom stereocenters. The summed E-state index contributed by atoms with van der Waals surface area (Å²) in [5.41, 5.74) is 12.7. The lowest BCUT2D eigenvalue weighted by molar-refractivity contribution is 0.987. The normalized spacial score (nSPS) is 12.1. The first-order valence-electron chi connectivity index (χ1n) is 16.9. The maximum absolute atomic E-state index is 10.6. The van der Waals surface area contributed by atoms with E-state index in [4.69, 9.17) is 6.42 Å². The number of para-hydroxylation sites is 2. The first-order chi connectivity index (χ1) is 25.6. The summed E-state index contributed by atoms with van der Waals surface area (Å²) < 4.78 is 4.27. The lowest BCUT2D eigenvalue weighted by atomic mass is 9.91. The Morgan fingerprint density at radius 1 is 0.692 bits per heavy atom. The number of nitrogens with zero attached hydrogens (tertiary/aromatic N) is 5. The highest BCUT2D eigenvalue weighted by Gasteiger charge is 2.23. The molecule has 0 amide bonds. The average Bonchev–Trinajstić information content (AvgIpc) is 3.57. The van der Waals surface area contributed by atoms with E-state index in [0.717, 1.165) is 77.9 Å². The number of aromatic nitrogens is 2. The summed E-state index contributed by atoms with van der Waals surface area (Å²) in [7, 11) is 0. The Morgan fingerprint density at radius 3 is 2.17 bits per heavy atom. The second kappa shape index (κ2) is 13.0. The molecule has 1 aliphatic carbocycles. The van der Waals surface area contributed by atoms with Crippen molar-refractivity contribution in [3.63, 3.8) is 0 Å². The van der Waals surface area contributed by atoms with Crippen LogP contribution in [0.15, 0.2) is 133 Å². The molecule has 5 nitrogen and oxygen atoms in total. The summed E-state index contributed by atoms with van der Waals surface area (Å²) in [4.78, 5) is 0. The molecule has 52 heavy (non-hydrogen) atoms. The van der Waals surface area contributed by atoms with Crippen LogP contribution in [0.3, 0.4) is 0 Å². The molecule has 8 rings (SSSR count). The smallest absolute Gasteiger partial charge is 0.105 e. The largest absolute Gasteiger partial charge is 0.312 e. The number of rotatable bonds is 5. The Morgan fingerprint density at radius 2 is 1.42 bits per heavy atom. The summed E-state index contributed by atoms with van der Waals surface area (Å²) >= 11 is 0.